The number of carboxylic acid groups (broad SMARTS) is 1. The fourth-order valence-corrected chi connectivity index (χ4v) is 2.34. The van der Waals surface area contributed by atoms with Gasteiger partial charge in [-0.25, -0.2) is 14.0 Å². The first-order chi connectivity index (χ1) is 9.40. The zero-order chi connectivity index (χ0) is 14.9. The highest BCUT2D eigenvalue weighted by molar-refractivity contribution is 6.07. The van der Waals surface area contributed by atoms with Crippen molar-refractivity contribution in [3.8, 4) is 0 Å². The van der Waals surface area contributed by atoms with Crippen LogP contribution in [0.4, 0.5) is 9.18 Å². The summed E-state index contributed by atoms with van der Waals surface area (Å²) in [4.78, 5) is 34.1. The number of carboxylic acids is 1. The summed E-state index contributed by atoms with van der Waals surface area (Å²) >= 11 is 0. The summed E-state index contributed by atoms with van der Waals surface area (Å²) in [6.07, 6.45) is 0.867. The Bertz CT molecular complexity index is 602. The summed E-state index contributed by atoms with van der Waals surface area (Å²) in [6.45, 7) is 1.82. The summed E-state index contributed by atoms with van der Waals surface area (Å²) in [5.41, 5.74) is -1.60. The van der Waals surface area contributed by atoms with Crippen molar-refractivity contribution in [2.75, 3.05) is 0 Å². The smallest absolute Gasteiger partial charge is 0.338 e. The average Bonchev–Trinajstić information content (AvgIpc) is 2.65. The molecule has 7 heteroatoms. The minimum absolute atomic E-state index is 0.227. The van der Waals surface area contributed by atoms with E-state index in [1.54, 1.807) is 0 Å². The van der Waals surface area contributed by atoms with Crippen LogP contribution in [-0.2, 0) is 10.3 Å². The van der Waals surface area contributed by atoms with Gasteiger partial charge in [0.05, 0.1) is 5.56 Å². The van der Waals surface area contributed by atoms with Gasteiger partial charge in [0, 0.05) is 0 Å². The topological polar surface area (TPSA) is 95.5 Å². The van der Waals surface area contributed by atoms with Crippen LogP contribution in [0.15, 0.2) is 18.2 Å². The third-order valence-corrected chi connectivity index (χ3v) is 3.26. The third-order valence-electron chi connectivity index (χ3n) is 3.26. The lowest BCUT2D eigenvalue weighted by atomic mass is 9.85. The predicted octanol–water partition coefficient (Wildman–Crippen LogP) is 1.36. The molecule has 1 aliphatic heterocycles. The van der Waals surface area contributed by atoms with E-state index in [0.717, 1.165) is 12.1 Å². The fourth-order valence-electron chi connectivity index (χ4n) is 2.34. The Morgan fingerprint density at radius 3 is 2.55 bits per heavy atom. The second-order valence-electron chi connectivity index (χ2n) is 4.56. The second kappa shape index (κ2) is 4.92. The lowest BCUT2D eigenvalue weighted by Crippen LogP contribution is -2.43. The highest BCUT2D eigenvalue weighted by Crippen LogP contribution is 2.31. The minimum Gasteiger partial charge on any atom is -0.478 e. The Morgan fingerprint density at radius 2 is 2.10 bits per heavy atom. The van der Waals surface area contributed by atoms with Gasteiger partial charge >= 0.3 is 12.0 Å². The molecule has 1 fully saturated rings. The molecule has 106 valence electrons. The molecular formula is C13H13FN2O4. The van der Waals surface area contributed by atoms with E-state index in [2.05, 4.69) is 10.6 Å². The normalized spacial score (nSPS) is 21.5. The van der Waals surface area contributed by atoms with E-state index in [4.69, 9.17) is 5.11 Å². The van der Waals surface area contributed by atoms with E-state index in [-0.39, 0.29) is 12.0 Å². The standard InChI is InChI=1S/C13H13FN2O4/c1-2-5-13(11(19)15-12(20)16-13)7-3-4-8(10(17)18)9(14)6-7/h3-4,6H,2,5H2,1H3,(H,17,18)(H2,15,16,19,20). The predicted molar refractivity (Wildman–Crippen MR) is 66.6 cm³/mol. The molecule has 0 saturated carbocycles. The first-order valence-corrected chi connectivity index (χ1v) is 6.07. The molecule has 1 unspecified atom stereocenters. The molecule has 1 saturated heterocycles. The lowest BCUT2D eigenvalue weighted by Gasteiger charge is -2.26. The number of aromatic carboxylic acids is 1. The number of carbonyl (C=O) groups is 3. The molecule has 6 nitrogen and oxygen atoms in total. The van der Waals surface area contributed by atoms with Crippen molar-refractivity contribution >= 4 is 17.9 Å². The summed E-state index contributed by atoms with van der Waals surface area (Å²) in [5, 5.41) is 13.4. The number of halogens is 1. The molecule has 3 N–H and O–H groups in total. The Labute approximate surface area is 114 Å². The Hall–Kier alpha value is -2.44. The van der Waals surface area contributed by atoms with Gasteiger partial charge in [-0.3, -0.25) is 10.1 Å². The van der Waals surface area contributed by atoms with E-state index in [1.165, 1.54) is 6.07 Å². The maximum atomic E-state index is 13.8. The van der Waals surface area contributed by atoms with Crippen LogP contribution in [0.5, 0.6) is 0 Å². The van der Waals surface area contributed by atoms with Crippen molar-refractivity contribution in [2.45, 2.75) is 25.3 Å². The SMILES string of the molecule is CCCC1(c2ccc(C(=O)O)c(F)c2)NC(=O)NC1=O. The molecule has 1 aromatic rings. The number of carbonyl (C=O) groups excluding carboxylic acids is 2. The molecule has 2 rings (SSSR count). The molecule has 1 heterocycles. The summed E-state index contributed by atoms with van der Waals surface area (Å²) in [7, 11) is 0. The van der Waals surface area contributed by atoms with Gasteiger partial charge < -0.3 is 10.4 Å². The Balaban J connectivity index is 2.51. The number of nitrogens with one attached hydrogen (secondary N) is 2. The first kappa shape index (κ1) is 14.0. The summed E-state index contributed by atoms with van der Waals surface area (Å²) in [5.74, 6) is -2.90. The minimum atomic E-state index is -1.39. The van der Waals surface area contributed by atoms with Crippen molar-refractivity contribution in [1.29, 1.82) is 0 Å². The Morgan fingerprint density at radius 1 is 1.40 bits per heavy atom. The van der Waals surface area contributed by atoms with Crippen molar-refractivity contribution in [1.82, 2.24) is 10.6 Å². The van der Waals surface area contributed by atoms with Gasteiger partial charge in [-0.15, -0.1) is 0 Å². The molecule has 0 bridgehead atoms. The van der Waals surface area contributed by atoms with E-state index < -0.39 is 34.8 Å². The molecule has 1 aliphatic rings. The third kappa shape index (κ3) is 2.11. The van der Waals surface area contributed by atoms with Crippen LogP contribution < -0.4 is 10.6 Å². The van der Waals surface area contributed by atoms with Gasteiger partial charge in [-0.2, -0.15) is 0 Å². The molecule has 1 aromatic carbocycles. The number of rotatable bonds is 4. The van der Waals surface area contributed by atoms with Crippen molar-refractivity contribution in [2.24, 2.45) is 0 Å². The van der Waals surface area contributed by atoms with Gasteiger partial charge in [0.15, 0.2) is 0 Å². The van der Waals surface area contributed by atoms with Crippen LogP contribution in [0, 0.1) is 5.82 Å². The monoisotopic (exact) mass is 280 g/mol. The van der Waals surface area contributed by atoms with Crippen LogP contribution in [-0.4, -0.2) is 23.0 Å². The highest BCUT2D eigenvalue weighted by atomic mass is 19.1. The maximum Gasteiger partial charge on any atom is 0.338 e. The molecule has 1 atom stereocenters. The van der Waals surface area contributed by atoms with Crippen molar-refractivity contribution in [3.63, 3.8) is 0 Å². The second-order valence-corrected chi connectivity index (χ2v) is 4.56. The molecule has 20 heavy (non-hydrogen) atoms. The number of benzene rings is 1. The lowest BCUT2D eigenvalue weighted by molar-refractivity contribution is -0.124. The van der Waals surface area contributed by atoms with Gasteiger partial charge in [0.2, 0.25) is 0 Å². The van der Waals surface area contributed by atoms with E-state index in [0.29, 0.717) is 6.42 Å². The highest BCUT2D eigenvalue weighted by Gasteiger charge is 2.47. The van der Waals surface area contributed by atoms with E-state index >= 15 is 0 Å². The van der Waals surface area contributed by atoms with Gasteiger partial charge in [0.1, 0.15) is 11.4 Å². The zero-order valence-corrected chi connectivity index (χ0v) is 10.7. The molecule has 0 radical (unpaired) electrons. The number of amides is 3. The van der Waals surface area contributed by atoms with Crippen LogP contribution in [0.25, 0.3) is 0 Å². The van der Waals surface area contributed by atoms with Gasteiger partial charge in [-0.05, 0) is 24.1 Å². The van der Waals surface area contributed by atoms with Crippen LogP contribution >= 0.6 is 0 Å². The Kier molecular flexibility index (Phi) is 3.44. The number of imide groups is 1. The molecular weight excluding hydrogens is 267 g/mol. The van der Waals surface area contributed by atoms with Crippen molar-refractivity contribution < 1.29 is 23.9 Å². The number of hydrogen-bond acceptors (Lipinski definition) is 3. The maximum absolute atomic E-state index is 13.8. The fraction of sp³-hybridized carbons (Fsp3) is 0.308. The largest absolute Gasteiger partial charge is 0.478 e. The summed E-state index contributed by atoms with van der Waals surface area (Å²) in [6, 6.07) is 2.76. The summed E-state index contributed by atoms with van der Waals surface area (Å²) < 4.78 is 13.8. The number of hydrogen-bond donors (Lipinski definition) is 3. The van der Waals surface area contributed by atoms with Crippen molar-refractivity contribution in [3.05, 3.63) is 35.1 Å². The quantitative estimate of drug-likeness (QED) is 0.726. The van der Waals surface area contributed by atoms with Crippen LogP contribution in [0.3, 0.4) is 0 Å². The van der Waals surface area contributed by atoms with Gasteiger partial charge in [0.25, 0.3) is 5.91 Å². The number of urea groups is 1. The zero-order valence-electron chi connectivity index (χ0n) is 10.7. The first-order valence-electron chi connectivity index (χ1n) is 6.07. The average molecular weight is 280 g/mol. The van der Waals surface area contributed by atoms with E-state index in [9.17, 15) is 18.8 Å². The molecule has 0 aromatic heterocycles. The van der Waals surface area contributed by atoms with Crippen LogP contribution in [0.2, 0.25) is 0 Å². The molecule has 3 amide bonds. The molecule has 0 aliphatic carbocycles. The van der Waals surface area contributed by atoms with Gasteiger partial charge in [-0.1, -0.05) is 19.4 Å². The molecule has 0 spiro atoms. The van der Waals surface area contributed by atoms with E-state index in [1.807, 2.05) is 6.92 Å². The van der Waals surface area contributed by atoms with Crippen LogP contribution in [0.1, 0.15) is 35.7 Å².